The monoisotopic (exact) mass is 289 g/mol. The van der Waals surface area contributed by atoms with Crippen LogP contribution in [0.4, 0.5) is 16.2 Å². The molecule has 0 aliphatic carbocycles. The van der Waals surface area contributed by atoms with E-state index in [2.05, 4.69) is 28.4 Å². The van der Waals surface area contributed by atoms with E-state index in [0.717, 1.165) is 39.1 Å². The molecule has 0 unspecified atom stereocenters. The normalized spacial score (nSPS) is 18.0. The van der Waals surface area contributed by atoms with E-state index in [1.807, 2.05) is 6.92 Å². The number of hydrogen-bond acceptors (Lipinski definition) is 4. The van der Waals surface area contributed by atoms with E-state index in [-0.39, 0.29) is 6.09 Å². The number of rotatable bonds is 2. The zero-order valence-electron chi connectivity index (χ0n) is 12.6. The van der Waals surface area contributed by atoms with Crippen molar-refractivity contribution in [1.82, 2.24) is 4.90 Å². The number of anilines is 2. The SMILES string of the molecule is CCOC(=O)N1CCN(c2cccc3c2CCCN3)CC1. The Morgan fingerprint density at radius 3 is 2.86 bits per heavy atom. The lowest BCUT2D eigenvalue weighted by atomic mass is 10.0. The van der Waals surface area contributed by atoms with Crippen LogP contribution in [0.25, 0.3) is 0 Å². The van der Waals surface area contributed by atoms with Crippen molar-refractivity contribution in [3.05, 3.63) is 23.8 Å². The second-order valence-corrected chi connectivity index (χ2v) is 5.51. The van der Waals surface area contributed by atoms with Gasteiger partial charge < -0.3 is 19.9 Å². The molecule has 1 aromatic carbocycles. The highest BCUT2D eigenvalue weighted by atomic mass is 16.6. The van der Waals surface area contributed by atoms with Gasteiger partial charge in [0.1, 0.15) is 0 Å². The highest BCUT2D eigenvalue weighted by Crippen LogP contribution is 2.32. The topological polar surface area (TPSA) is 44.8 Å². The van der Waals surface area contributed by atoms with Crippen molar-refractivity contribution < 1.29 is 9.53 Å². The van der Waals surface area contributed by atoms with Gasteiger partial charge in [0.2, 0.25) is 0 Å². The molecule has 0 saturated carbocycles. The lowest BCUT2D eigenvalue weighted by Gasteiger charge is -2.37. The summed E-state index contributed by atoms with van der Waals surface area (Å²) in [6.07, 6.45) is 2.14. The van der Waals surface area contributed by atoms with Gasteiger partial charge in [0.25, 0.3) is 0 Å². The molecular weight excluding hydrogens is 266 g/mol. The molecule has 1 fully saturated rings. The lowest BCUT2D eigenvalue weighted by Crippen LogP contribution is -2.49. The van der Waals surface area contributed by atoms with Crippen LogP contribution in [-0.2, 0) is 11.2 Å². The molecular formula is C16H23N3O2. The van der Waals surface area contributed by atoms with Crippen LogP contribution in [0.15, 0.2) is 18.2 Å². The number of nitrogens with zero attached hydrogens (tertiary/aromatic N) is 2. The molecule has 1 aromatic rings. The molecule has 0 bridgehead atoms. The maximum absolute atomic E-state index is 11.7. The van der Waals surface area contributed by atoms with E-state index >= 15 is 0 Å². The van der Waals surface area contributed by atoms with Gasteiger partial charge in [-0.05, 0) is 37.5 Å². The molecule has 1 N–H and O–H groups in total. The summed E-state index contributed by atoms with van der Waals surface area (Å²) in [4.78, 5) is 15.9. The molecule has 3 rings (SSSR count). The second kappa shape index (κ2) is 6.24. The number of benzene rings is 1. The van der Waals surface area contributed by atoms with Gasteiger partial charge in [-0.25, -0.2) is 4.79 Å². The van der Waals surface area contributed by atoms with E-state index in [9.17, 15) is 4.79 Å². The zero-order valence-corrected chi connectivity index (χ0v) is 12.6. The van der Waals surface area contributed by atoms with E-state index in [4.69, 9.17) is 4.74 Å². The van der Waals surface area contributed by atoms with Crippen LogP contribution in [0, 0.1) is 0 Å². The molecule has 114 valence electrons. The largest absolute Gasteiger partial charge is 0.450 e. The summed E-state index contributed by atoms with van der Waals surface area (Å²) in [5.74, 6) is 0. The maximum atomic E-state index is 11.7. The Labute approximate surface area is 125 Å². The number of fused-ring (bicyclic) bond motifs is 1. The summed E-state index contributed by atoms with van der Waals surface area (Å²) in [5, 5.41) is 3.47. The Balaban J connectivity index is 1.69. The van der Waals surface area contributed by atoms with Crippen molar-refractivity contribution >= 4 is 17.5 Å². The van der Waals surface area contributed by atoms with Gasteiger partial charge in [-0.1, -0.05) is 6.07 Å². The van der Waals surface area contributed by atoms with Crippen molar-refractivity contribution in [3.8, 4) is 0 Å². The number of piperazine rings is 1. The molecule has 21 heavy (non-hydrogen) atoms. The van der Waals surface area contributed by atoms with Crippen molar-refractivity contribution in [2.45, 2.75) is 19.8 Å². The predicted octanol–water partition coefficient (Wildman–Crippen LogP) is 2.32. The molecule has 5 nitrogen and oxygen atoms in total. The summed E-state index contributed by atoms with van der Waals surface area (Å²) in [6.45, 7) is 6.55. The number of hydrogen-bond donors (Lipinski definition) is 1. The molecule has 5 heteroatoms. The fourth-order valence-corrected chi connectivity index (χ4v) is 3.13. The lowest BCUT2D eigenvalue weighted by molar-refractivity contribution is 0.105. The van der Waals surface area contributed by atoms with Crippen molar-refractivity contribution in [1.29, 1.82) is 0 Å². The highest BCUT2D eigenvalue weighted by Gasteiger charge is 2.24. The van der Waals surface area contributed by atoms with Gasteiger partial charge in [-0.2, -0.15) is 0 Å². The molecule has 2 heterocycles. The van der Waals surface area contributed by atoms with Crippen molar-refractivity contribution in [2.75, 3.05) is 49.5 Å². The average molecular weight is 289 g/mol. The summed E-state index contributed by atoms with van der Waals surface area (Å²) < 4.78 is 5.07. The molecule has 0 atom stereocenters. The second-order valence-electron chi connectivity index (χ2n) is 5.51. The van der Waals surface area contributed by atoms with Crippen LogP contribution < -0.4 is 10.2 Å². The molecule has 0 radical (unpaired) electrons. The Kier molecular flexibility index (Phi) is 4.18. The summed E-state index contributed by atoms with van der Waals surface area (Å²) in [7, 11) is 0. The molecule has 0 spiro atoms. The van der Waals surface area contributed by atoms with Crippen molar-refractivity contribution in [3.63, 3.8) is 0 Å². The first-order valence-corrected chi connectivity index (χ1v) is 7.82. The van der Waals surface area contributed by atoms with E-state index < -0.39 is 0 Å². The van der Waals surface area contributed by atoms with Gasteiger partial charge in [0.15, 0.2) is 0 Å². The van der Waals surface area contributed by atoms with Crippen LogP contribution in [0.5, 0.6) is 0 Å². The fourth-order valence-electron chi connectivity index (χ4n) is 3.13. The quantitative estimate of drug-likeness (QED) is 0.907. The molecule has 2 aliphatic heterocycles. The third-order valence-electron chi connectivity index (χ3n) is 4.22. The van der Waals surface area contributed by atoms with Crippen LogP contribution in [0.3, 0.4) is 0 Å². The number of carbonyl (C=O) groups is 1. The minimum Gasteiger partial charge on any atom is -0.450 e. The molecule has 2 aliphatic rings. The van der Waals surface area contributed by atoms with E-state index in [1.54, 1.807) is 4.90 Å². The van der Waals surface area contributed by atoms with Gasteiger partial charge in [-0.3, -0.25) is 0 Å². The summed E-state index contributed by atoms with van der Waals surface area (Å²) >= 11 is 0. The standard InChI is InChI=1S/C16H23N3O2/c1-2-21-16(20)19-11-9-18(10-12-19)15-7-3-6-14-13(15)5-4-8-17-14/h3,6-7,17H,2,4-5,8-12H2,1H3. The maximum Gasteiger partial charge on any atom is 0.409 e. The van der Waals surface area contributed by atoms with Crippen LogP contribution in [0.2, 0.25) is 0 Å². The van der Waals surface area contributed by atoms with E-state index in [1.165, 1.54) is 23.4 Å². The van der Waals surface area contributed by atoms with E-state index in [0.29, 0.717) is 6.61 Å². The van der Waals surface area contributed by atoms with Crippen LogP contribution in [-0.4, -0.2) is 50.3 Å². The van der Waals surface area contributed by atoms with Gasteiger partial charge in [0, 0.05) is 44.1 Å². The Bertz CT molecular complexity index is 510. The molecule has 1 amide bonds. The van der Waals surface area contributed by atoms with Crippen LogP contribution >= 0.6 is 0 Å². The number of nitrogens with one attached hydrogen (secondary N) is 1. The zero-order chi connectivity index (χ0) is 14.7. The van der Waals surface area contributed by atoms with Gasteiger partial charge in [-0.15, -0.1) is 0 Å². The molecule has 1 saturated heterocycles. The smallest absolute Gasteiger partial charge is 0.409 e. The minimum absolute atomic E-state index is 0.186. The van der Waals surface area contributed by atoms with Gasteiger partial charge >= 0.3 is 6.09 Å². The Hall–Kier alpha value is -1.91. The molecule has 0 aromatic heterocycles. The minimum atomic E-state index is -0.186. The third kappa shape index (κ3) is 2.91. The third-order valence-corrected chi connectivity index (χ3v) is 4.22. The summed E-state index contributed by atoms with van der Waals surface area (Å²) in [5.41, 5.74) is 4.02. The fraction of sp³-hybridized carbons (Fsp3) is 0.562. The Morgan fingerprint density at radius 2 is 2.10 bits per heavy atom. The van der Waals surface area contributed by atoms with Gasteiger partial charge in [0.05, 0.1) is 6.61 Å². The number of carbonyl (C=O) groups excluding carboxylic acids is 1. The Morgan fingerprint density at radius 1 is 1.29 bits per heavy atom. The first-order chi connectivity index (χ1) is 10.3. The summed E-state index contributed by atoms with van der Waals surface area (Å²) in [6, 6.07) is 6.48. The first kappa shape index (κ1) is 14.0. The predicted molar refractivity (Wildman–Crippen MR) is 84.1 cm³/mol. The van der Waals surface area contributed by atoms with Crippen molar-refractivity contribution in [2.24, 2.45) is 0 Å². The average Bonchev–Trinajstić information content (AvgIpc) is 2.55. The number of ether oxygens (including phenoxy) is 1. The number of amides is 1. The highest BCUT2D eigenvalue weighted by molar-refractivity contribution is 5.70. The first-order valence-electron chi connectivity index (χ1n) is 7.82. The van der Waals surface area contributed by atoms with Crippen LogP contribution in [0.1, 0.15) is 18.9 Å².